The number of aryl methyl sites for hydroxylation is 1. The van der Waals surface area contributed by atoms with E-state index in [9.17, 15) is 14.4 Å². The van der Waals surface area contributed by atoms with Gasteiger partial charge in [0.2, 0.25) is 5.91 Å². The SMILES string of the molecule is CCOC(=O)CC(=O)NNC(=O)c1[nH]c2ccc(C)cc2c1-c1ccccc1. The molecule has 3 N–H and O–H groups in total. The monoisotopic (exact) mass is 379 g/mol. The lowest BCUT2D eigenvalue weighted by molar-refractivity contribution is -0.146. The van der Waals surface area contributed by atoms with Crippen molar-refractivity contribution < 1.29 is 19.1 Å². The van der Waals surface area contributed by atoms with Gasteiger partial charge in [-0.15, -0.1) is 0 Å². The number of aromatic amines is 1. The Bertz CT molecular complexity index is 1020. The predicted molar refractivity (Wildman–Crippen MR) is 105 cm³/mol. The molecule has 0 saturated heterocycles. The molecule has 0 radical (unpaired) electrons. The molecule has 0 saturated carbocycles. The molecule has 1 heterocycles. The molecule has 2 amide bonds. The van der Waals surface area contributed by atoms with Crippen molar-refractivity contribution in [2.24, 2.45) is 0 Å². The largest absolute Gasteiger partial charge is 0.466 e. The van der Waals surface area contributed by atoms with Crippen LogP contribution in [-0.4, -0.2) is 29.4 Å². The number of nitrogens with one attached hydrogen (secondary N) is 3. The normalized spacial score (nSPS) is 10.5. The van der Waals surface area contributed by atoms with Crippen molar-refractivity contribution in [3.8, 4) is 11.1 Å². The first kappa shape index (κ1) is 19.2. The van der Waals surface area contributed by atoms with Gasteiger partial charge in [0.25, 0.3) is 5.91 Å². The number of benzene rings is 2. The van der Waals surface area contributed by atoms with Gasteiger partial charge in [0.05, 0.1) is 6.61 Å². The molecule has 2 aromatic carbocycles. The average molecular weight is 379 g/mol. The summed E-state index contributed by atoms with van der Waals surface area (Å²) in [5.41, 5.74) is 8.43. The molecule has 0 spiro atoms. The number of carbonyl (C=O) groups excluding carboxylic acids is 3. The first-order valence-corrected chi connectivity index (χ1v) is 8.92. The van der Waals surface area contributed by atoms with Gasteiger partial charge >= 0.3 is 5.97 Å². The van der Waals surface area contributed by atoms with Crippen molar-refractivity contribution in [1.82, 2.24) is 15.8 Å². The Kier molecular flexibility index (Phi) is 5.74. The highest BCUT2D eigenvalue weighted by Gasteiger charge is 2.20. The lowest BCUT2D eigenvalue weighted by Crippen LogP contribution is -2.42. The Balaban J connectivity index is 1.87. The van der Waals surface area contributed by atoms with Crippen LogP contribution in [0.5, 0.6) is 0 Å². The van der Waals surface area contributed by atoms with Crippen LogP contribution >= 0.6 is 0 Å². The first-order chi connectivity index (χ1) is 13.5. The number of esters is 1. The van der Waals surface area contributed by atoms with Crippen LogP contribution in [0.2, 0.25) is 0 Å². The quantitative estimate of drug-likeness (QED) is 0.360. The Hall–Kier alpha value is -3.61. The van der Waals surface area contributed by atoms with E-state index in [0.717, 1.165) is 27.6 Å². The van der Waals surface area contributed by atoms with Crippen molar-refractivity contribution in [1.29, 1.82) is 0 Å². The zero-order valence-corrected chi connectivity index (χ0v) is 15.7. The fraction of sp³-hybridized carbons (Fsp3) is 0.190. The third-order valence-electron chi connectivity index (χ3n) is 4.17. The summed E-state index contributed by atoms with van der Waals surface area (Å²) in [6.07, 6.45) is -0.467. The van der Waals surface area contributed by atoms with E-state index >= 15 is 0 Å². The molecule has 3 aromatic rings. The minimum atomic E-state index is -0.653. The first-order valence-electron chi connectivity index (χ1n) is 8.92. The number of hydrogen-bond acceptors (Lipinski definition) is 4. The number of ether oxygens (including phenoxy) is 1. The van der Waals surface area contributed by atoms with Crippen LogP contribution in [-0.2, 0) is 14.3 Å². The van der Waals surface area contributed by atoms with E-state index in [2.05, 4.69) is 15.8 Å². The summed E-state index contributed by atoms with van der Waals surface area (Å²) in [6.45, 7) is 3.82. The van der Waals surface area contributed by atoms with E-state index in [4.69, 9.17) is 4.74 Å². The maximum atomic E-state index is 12.7. The molecule has 1 aromatic heterocycles. The molecular weight excluding hydrogens is 358 g/mol. The number of amides is 2. The smallest absolute Gasteiger partial charge is 0.315 e. The number of hydrazine groups is 1. The summed E-state index contributed by atoms with van der Waals surface area (Å²) in [7, 11) is 0. The minimum absolute atomic E-state index is 0.188. The van der Waals surface area contributed by atoms with Crippen LogP contribution in [0.1, 0.15) is 29.4 Å². The Labute approximate surface area is 162 Å². The van der Waals surface area contributed by atoms with Crippen LogP contribution < -0.4 is 10.9 Å². The summed E-state index contributed by atoms with van der Waals surface area (Å²) in [5, 5.41) is 0.911. The molecule has 0 aliphatic rings. The molecule has 0 aliphatic carbocycles. The van der Waals surface area contributed by atoms with E-state index < -0.39 is 24.2 Å². The van der Waals surface area contributed by atoms with Crippen molar-refractivity contribution >= 4 is 28.7 Å². The molecule has 0 bridgehead atoms. The number of carbonyl (C=O) groups is 3. The molecule has 0 fully saturated rings. The number of hydrogen-bond donors (Lipinski definition) is 3. The van der Waals surface area contributed by atoms with Crippen LogP contribution in [0.15, 0.2) is 48.5 Å². The third-order valence-corrected chi connectivity index (χ3v) is 4.17. The summed E-state index contributed by atoms with van der Waals surface area (Å²) in [5.74, 6) is -1.81. The Morgan fingerprint density at radius 2 is 1.79 bits per heavy atom. The average Bonchev–Trinajstić information content (AvgIpc) is 3.05. The zero-order chi connectivity index (χ0) is 20.1. The van der Waals surface area contributed by atoms with Crippen LogP contribution in [0.4, 0.5) is 0 Å². The summed E-state index contributed by atoms with van der Waals surface area (Å²) < 4.78 is 4.71. The summed E-state index contributed by atoms with van der Waals surface area (Å²) in [6, 6.07) is 15.4. The molecule has 7 nitrogen and oxygen atoms in total. The number of fused-ring (bicyclic) bond motifs is 1. The van der Waals surface area contributed by atoms with E-state index in [1.165, 1.54) is 0 Å². The molecule has 0 aliphatic heterocycles. The third kappa shape index (κ3) is 4.20. The highest BCUT2D eigenvalue weighted by molar-refractivity contribution is 6.10. The van der Waals surface area contributed by atoms with Crippen LogP contribution in [0.3, 0.4) is 0 Å². The van der Waals surface area contributed by atoms with Crippen LogP contribution in [0.25, 0.3) is 22.0 Å². The van der Waals surface area contributed by atoms with Crippen LogP contribution in [0, 0.1) is 6.92 Å². The lowest BCUT2D eigenvalue weighted by Gasteiger charge is -2.08. The molecule has 0 unspecified atom stereocenters. The fourth-order valence-electron chi connectivity index (χ4n) is 2.96. The molecule has 3 rings (SSSR count). The van der Waals surface area contributed by atoms with Gasteiger partial charge in [-0.05, 0) is 31.5 Å². The van der Waals surface area contributed by atoms with E-state index in [-0.39, 0.29) is 6.61 Å². The van der Waals surface area contributed by atoms with Gasteiger partial charge in [-0.1, -0.05) is 42.0 Å². The second-order valence-corrected chi connectivity index (χ2v) is 6.27. The fourth-order valence-corrected chi connectivity index (χ4v) is 2.96. The van der Waals surface area contributed by atoms with Crippen molar-refractivity contribution in [2.45, 2.75) is 20.3 Å². The van der Waals surface area contributed by atoms with Gasteiger partial charge in [-0.25, -0.2) is 0 Å². The topological polar surface area (TPSA) is 100 Å². The molecule has 7 heteroatoms. The number of H-pyrrole nitrogens is 1. The predicted octanol–water partition coefficient (Wildman–Crippen LogP) is 2.86. The summed E-state index contributed by atoms with van der Waals surface area (Å²) in [4.78, 5) is 39.0. The van der Waals surface area contributed by atoms with Gasteiger partial charge in [0, 0.05) is 16.5 Å². The minimum Gasteiger partial charge on any atom is -0.466 e. The zero-order valence-electron chi connectivity index (χ0n) is 15.7. The van der Waals surface area contributed by atoms with Gasteiger partial charge < -0.3 is 9.72 Å². The van der Waals surface area contributed by atoms with E-state index in [1.807, 2.05) is 55.5 Å². The summed E-state index contributed by atoms with van der Waals surface area (Å²) >= 11 is 0. The standard InChI is InChI=1S/C21H21N3O4/c1-3-28-18(26)12-17(25)23-24-21(27)20-19(14-7-5-4-6-8-14)15-11-13(2)9-10-16(15)22-20/h4-11,22H,3,12H2,1-2H3,(H,23,25)(H,24,27). The van der Waals surface area contributed by atoms with Gasteiger partial charge in [-0.2, -0.15) is 0 Å². The molecule has 28 heavy (non-hydrogen) atoms. The highest BCUT2D eigenvalue weighted by Crippen LogP contribution is 2.33. The molecular formula is C21H21N3O4. The Morgan fingerprint density at radius 3 is 2.50 bits per heavy atom. The lowest BCUT2D eigenvalue weighted by atomic mass is 10.0. The molecule has 0 atom stereocenters. The second-order valence-electron chi connectivity index (χ2n) is 6.27. The number of rotatable bonds is 5. The highest BCUT2D eigenvalue weighted by atomic mass is 16.5. The van der Waals surface area contributed by atoms with Crippen molar-refractivity contribution in [3.05, 3.63) is 59.8 Å². The number of aromatic nitrogens is 1. The van der Waals surface area contributed by atoms with Crippen molar-refractivity contribution in [2.75, 3.05) is 6.61 Å². The molecule has 144 valence electrons. The maximum absolute atomic E-state index is 12.7. The van der Waals surface area contributed by atoms with Gasteiger partial charge in [0.15, 0.2) is 0 Å². The van der Waals surface area contributed by atoms with Crippen molar-refractivity contribution in [3.63, 3.8) is 0 Å². The van der Waals surface area contributed by atoms with Gasteiger partial charge in [0.1, 0.15) is 12.1 Å². The second kappa shape index (κ2) is 8.39. The maximum Gasteiger partial charge on any atom is 0.315 e. The van der Waals surface area contributed by atoms with Gasteiger partial charge in [-0.3, -0.25) is 25.2 Å². The Morgan fingerprint density at radius 1 is 1.04 bits per heavy atom. The van der Waals surface area contributed by atoms with E-state index in [1.54, 1.807) is 6.92 Å². The van der Waals surface area contributed by atoms with E-state index in [0.29, 0.717) is 5.69 Å².